The maximum atomic E-state index is 13.3. The van der Waals surface area contributed by atoms with Gasteiger partial charge in [-0.25, -0.2) is 14.8 Å². The Morgan fingerprint density at radius 1 is 1.09 bits per heavy atom. The molecule has 1 saturated heterocycles. The van der Waals surface area contributed by atoms with E-state index in [1.807, 2.05) is 18.2 Å². The number of H-pyrrole nitrogens is 1. The number of aromatic nitrogens is 6. The largest absolute Gasteiger partial charge is 0.439 e. The molecule has 240 valence electrons. The van der Waals surface area contributed by atoms with Crippen LogP contribution in [0, 0.1) is 17.8 Å². The zero-order valence-corrected chi connectivity index (χ0v) is 26.7. The van der Waals surface area contributed by atoms with Gasteiger partial charge in [-0.1, -0.05) is 28.9 Å². The summed E-state index contributed by atoms with van der Waals surface area (Å²) in [7, 11) is 0. The summed E-state index contributed by atoms with van der Waals surface area (Å²) in [6.45, 7) is 10.8. The summed E-state index contributed by atoms with van der Waals surface area (Å²) in [4.78, 5) is 46.9. The number of pyridine rings is 2. The fraction of sp³-hybridized carbons (Fsp3) is 0.471. The monoisotopic (exact) mass is 642 g/mol. The number of fused-ring (bicyclic) bond motifs is 1. The number of aromatic amines is 1. The fourth-order valence-corrected chi connectivity index (χ4v) is 7.25. The number of allylic oxidation sites excluding steroid dienone is 2. The molecule has 1 amide bonds. The van der Waals surface area contributed by atoms with Crippen molar-refractivity contribution < 1.29 is 9.32 Å². The van der Waals surface area contributed by atoms with Gasteiger partial charge in [0.1, 0.15) is 5.69 Å². The molecule has 5 heterocycles. The average Bonchev–Trinajstić information content (AvgIpc) is 3.74. The van der Waals surface area contributed by atoms with Gasteiger partial charge in [-0.05, 0) is 75.3 Å². The third kappa shape index (κ3) is 6.12. The highest BCUT2D eigenvalue weighted by atomic mass is 35.5. The SMILES string of the molecule is C=CCC[C@@H]1CN(c2nc3cc(-c4noc(=O)[nH]4)nc(-c4cncc(Cl)c4)c3n2CC2CCC(C=C)CC2)CCN1C(=O)C1CC1. The summed E-state index contributed by atoms with van der Waals surface area (Å²) < 4.78 is 7.13. The molecule has 2 saturated carbocycles. The van der Waals surface area contributed by atoms with E-state index in [0.29, 0.717) is 47.9 Å². The number of nitrogens with zero attached hydrogens (tertiary/aromatic N) is 7. The topological polar surface area (TPSA) is 126 Å². The van der Waals surface area contributed by atoms with E-state index in [2.05, 4.69) is 48.7 Å². The molecular weight excluding hydrogens is 604 g/mol. The molecule has 0 spiro atoms. The molecule has 0 bridgehead atoms. The third-order valence-electron chi connectivity index (χ3n) is 9.71. The number of piperazine rings is 1. The molecule has 0 unspecified atom stereocenters. The standard InChI is InChI=1S/C34H39ClN8O3/c1-3-5-6-26-20-41(13-14-42(26)32(44)23-11-12-23)33-38-27-16-28(31-39-34(45)46-40-31)37-29(24-15-25(35)18-36-17-24)30(27)43(33)19-22-9-7-21(4-2)8-10-22/h3-4,15-18,21-23,26H,1-2,5-14,19-20H2,(H,39,40,45)/t21?,22?,26-/m1/s1. The van der Waals surface area contributed by atoms with Gasteiger partial charge >= 0.3 is 5.76 Å². The minimum Gasteiger partial charge on any atom is -0.338 e. The second-order valence-electron chi connectivity index (χ2n) is 12.9. The quantitative estimate of drug-likeness (QED) is 0.213. The van der Waals surface area contributed by atoms with E-state index >= 15 is 0 Å². The van der Waals surface area contributed by atoms with Gasteiger partial charge in [0.15, 0.2) is 0 Å². The number of imidazole rings is 1. The molecule has 12 heteroatoms. The fourth-order valence-electron chi connectivity index (χ4n) is 7.08. The summed E-state index contributed by atoms with van der Waals surface area (Å²) in [6.07, 6.45) is 15.5. The molecule has 4 aromatic heterocycles. The normalized spacial score (nSPS) is 21.9. The summed E-state index contributed by atoms with van der Waals surface area (Å²) in [5.74, 6) is 1.89. The first kappa shape index (κ1) is 30.4. The molecule has 4 aromatic rings. The van der Waals surface area contributed by atoms with Crippen LogP contribution in [0.1, 0.15) is 51.4 Å². The predicted molar refractivity (Wildman–Crippen MR) is 177 cm³/mol. The zero-order chi connectivity index (χ0) is 31.8. The van der Waals surface area contributed by atoms with Crippen LogP contribution in [0.3, 0.4) is 0 Å². The van der Waals surface area contributed by atoms with Crippen molar-refractivity contribution in [3.05, 3.63) is 65.4 Å². The molecule has 1 atom stereocenters. The van der Waals surface area contributed by atoms with Gasteiger partial charge < -0.3 is 14.4 Å². The lowest BCUT2D eigenvalue weighted by Crippen LogP contribution is -2.56. The van der Waals surface area contributed by atoms with Gasteiger partial charge in [0.2, 0.25) is 17.7 Å². The Balaban J connectivity index is 1.35. The van der Waals surface area contributed by atoms with Crippen molar-refractivity contribution in [2.75, 3.05) is 24.5 Å². The van der Waals surface area contributed by atoms with Crippen LogP contribution >= 0.6 is 11.6 Å². The van der Waals surface area contributed by atoms with E-state index < -0.39 is 5.76 Å². The number of anilines is 1. The highest BCUT2D eigenvalue weighted by Gasteiger charge is 2.39. The lowest BCUT2D eigenvalue weighted by atomic mass is 9.82. The second-order valence-corrected chi connectivity index (χ2v) is 13.3. The van der Waals surface area contributed by atoms with E-state index in [-0.39, 0.29) is 23.7 Å². The van der Waals surface area contributed by atoms with Crippen LogP contribution in [0.25, 0.3) is 33.8 Å². The van der Waals surface area contributed by atoms with Crippen molar-refractivity contribution in [2.45, 2.75) is 64.0 Å². The van der Waals surface area contributed by atoms with Crippen LogP contribution < -0.4 is 10.7 Å². The number of hydrogen-bond donors (Lipinski definition) is 1. The van der Waals surface area contributed by atoms with Crippen LogP contribution in [0.2, 0.25) is 5.02 Å². The van der Waals surface area contributed by atoms with Crippen LogP contribution in [-0.2, 0) is 11.3 Å². The van der Waals surface area contributed by atoms with Crippen molar-refractivity contribution in [2.24, 2.45) is 17.8 Å². The second kappa shape index (κ2) is 12.9. The van der Waals surface area contributed by atoms with E-state index in [4.69, 9.17) is 26.1 Å². The van der Waals surface area contributed by atoms with Gasteiger partial charge in [0.05, 0.1) is 21.7 Å². The Morgan fingerprint density at radius 2 is 1.91 bits per heavy atom. The van der Waals surface area contributed by atoms with Crippen molar-refractivity contribution in [3.8, 4) is 22.8 Å². The number of rotatable bonds is 10. The number of carbonyl (C=O) groups is 1. The molecule has 11 nitrogen and oxygen atoms in total. The number of nitrogens with one attached hydrogen (secondary N) is 1. The lowest BCUT2D eigenvalue weighted by Gasteiger charge is -2.42. The van der Waals surface area contributed by atoms with Gasteiger partial charge in [-0.15, -0.1) is 13.2 Å². The van der Waals surface area contributed by atoms with Crippen LogP contribution in [0.4, 0.5) is 5.95 Å². The van der Waals surface area contributed by atoms with Gasteiger partial charge in [0.25, 0.3) is 0 Å². The maximum absolute atomic E-state index is 13.3. The Hall–Kier alpha value is -4.25. The predicted octanol–water partition coefficient (Wildman–Crippen LogP) is 5.88. The minimum absolute atomic E-state index is 0.0710. The van der Waals surface area contributed by atoms with Crippen molar-refractivity contribution in [1.29, 1.82) is 0 Å². The highest BCUT2D eigenvalue weighted by Crippen LogP contribution is 2.39. The van der Waals surface area contributed by atoms with Crippen LogP contribution in [0.15, 0.2) is 59.2 Å². The van der Waals surface area contributed by atoms with Crippen molar-refractivity contribution >= 4 is 34.5 Å². The Bertz CT molecular complexity index is 1820. The van der Waals surface area contributed by atoms with E-state index in [1.54, 1.807) is 12.4 Å². The van der Waals surface area contributed by atoms with E-state index in [1.165, 1.54) is 0 Å². The third-order valence-corrected chi connectivity index (χ3v) is 9.92. The highest BCUT2D eigenvalue weighted by molar-refractivity contribution is 6.30. The molecule has 3 fully saturated rings. The lowest BCUT2D eigenvalue weighted by molar-refractivity contribution is -0.135. The molecule has 46 heavy (non-hydrogen) atoms. The molecule has 0 radical (unpaired) electrons. The number of halogens is 1. The first-order valence-corrected chi connectivity index (χ1v) is 16.7. The van der Waals surface area contributed by atoms with Crippen molar-refractivity contribution in [3.63, 3.8) is 0 Å². The number of carbonyl (C=O) groups excluding carboxylic acids is 1. The van der Waals surface area contributed by atoms with Crippen LogP contribution in [-0.4, -0.2) is 66.1 Å². The summed E-state index contributed by atoms with van der Waals surface area (Å²) >= 11 is 6.44. The molecule has 2 aliphatic carbocycles. The maximum Gasteiger partial charge on any atom is 0.439 e. The van der Waals surface area contributed by atoms with E-state index in [0.717, 1.165) is 80.5 Å². The first-order valence-electron chi connectivity index (χ1n) is 16.3. The molecular formula is C34H39ClN8O3. The van der Waals surface area contributed by atoms with Crippen LogP contribution in [0.5, 0.6) is 0 Å². The number of amides is 1. The van der Waals surface area contributed by atoms with Crippen molar-refractivity contribution in [1.82, 2.24) is 34.6 Å². The first-order chi connectivity index (χ1) is 22.4. The summed E-state index contributed by atoms with van der Waals surface area (Å²) in [5.41, 5.74) is 3.41. The molecule has 7 rings (SSSR count). The number of hydrogen-bond acceptors (Lipinski definition) is 8. The van der Waals surface area contributed by atoms with Gasteiger partial charge in [0, 0.05) is 56.1 Å². The summed E-state index contributed by atoms with van der Waals surface area (Å²) in [5, 5.41) is 4.40. The molecule has 0 aromatic carbocycles. The molecule has 1 N–H and O–H groups in total. The Morgan fingerprint density at radius 3 is 2.61 bits per heavy atom. The van der Waals surface area contributed by atoms with E-state index in [9.17, 15) is 9.59 Å². The Kier molecular flexibility index (Phi) is 8.50. The zero-order valence-electron chi connectivity index (χ0n) is 25.9. The smallest absolute Gasteiger partial charge is 0.338 e. The Labute approximate surface area is 272 Å². The average molecular weight is 643 g/mol. The minimum atomic E-state index is -0.659. The summed E-state index contributed by atoms with van der Waals surface area (Å²) in [6, 6.07) is 3.76. The molecule has 3 aliphatic rings. The van der Waals surface area contributed by atoms with Gasteiger partial charge in [-0.2, -0.15) is 0 Å². The molecule has 1 aliphatic heterocycles. The van der Waals surface area contributed by atoms with Gasteiger partial charge in [-0.3, -0.25) is 19.3 Å².